The molecule has 0 N–H and O–H groups in total. The van der Waals surface area contributed by atoms with Gasteiger partial charge in [0.2, 0.25) is 0 Å². The van der Waals surface area contributed by atoms with Crippen LogP contribution in [0.5, 0.6) is 0 Å². The second-order valence-corrected chi connectivity index (χ2v) is 7.63. The van der Waals surface area contributed by atoms with Crippen LogP contribution < -0.4 is 0 Å². The van der Waals surface area contributed by atoms with Crippen molar-refractivity contribution in [3.63, 3.8) is 0 Å². The lowest BCUT2D eigenvalue weighted by atomic mass is 10.2. The van der Waals surface area contributed by atoms with Crippen LogP contribution >= 0.6 is 23.2 Å². The zero-order valence-electron chi connectivity index (χ0n) is 13.4. The summed E-state index contributed by atoms with van der Waals surface area (Å²) in [6.07, 6.45) is 0. The average Bonchev–Trinajstić information content (AvgIpc) is 2.60. The topological polar surface area (TPSA) is 72.9 Å². The lowest BCUT2D eigenvalue weighted by Crippen LogP contribution is -2.26. The molecule has 0 radical (unpaired) electrons. The van der Waals surface area contributed by atoms with Crippen LogP contribution in [0.25, 0.3) is 0 Å². The molecule has 2 aromatic rings. The van der Waals surface area contributed by atoms with Crippen LogP contribution in [0.4, 0.5) is 0 Å². The van der Waals surface area contributed by atoms with E-state index in [2.05, 4.69) is 0 Å². The van der Waals surface area contributed by atoms with Gasteiger partial charge in [0.15, 0.2) is 0 Å². The minimum Gasteiger partial charge on any atom is -0.457 e. The summed E-state index contributed by atoms with van der Waals surface area (Å²) in [5, 5.41) is 0.433. The van der Waals surface area contributed by atoms with Crippen molar-refractivity contribution < 1.29 is 22.8 Å². The molecule has 0 fully saturated rings. The van der Waals surface area contributed by atoms with Gasteiger partial charge in [-0.05, 0) is 24.3 Å². The number of nitrogens with zero attached hydrogens (tertiary/aromatic N) is 1. The maximum Gasteiger partial charge on any atom is 0.338 e. The highest BCUT2D eigenvalue weighted by atomic mass is 35.5. The van der Waals surface area contributed by atoms with Gasteiger partial charge >= 0.3 is 5.97 Å². The first-order valence-corrected chi connectivity index (χ1v) is 9.20. The molecule has 0 bridgehead atoms. The lowest BCUT2D eigenvalue weighted by Gasteiger charge is -2.15. The molecule has 2 aromatic carbocycles. The summed E-state index contributed by atoms with van der Waals surface area (Å²) in [7, 11) is -1.58. The quantitative estimate of drug-likeness (QED) is 0.544. The van der Waals surface area contributed by atoms with E-state index in [-0.39, 0.29) is 22.1 Å². The number of esters is 1. The largest absolute Gasteiger partial charge is 0.457 e. The van der Waals surface area contributed by atoms with Crippen molar-refractivity contribution in [2.45, 2.75) is 11.5 Å². The zero-order chi connectivity index (χ0) is 18.6. The summed E-state index contributed by atoms with van der Waals surface area (Å²) in [6, 6.07) is 10.8. The fourth-order valence-corrected chi connectivity index (χ4v) is 3.57. The molecule has 6 nitrogen and oxygen atoms in total. The molecule has 25 heavy (non-hydrogen) atoms. The van der Waals surface area contributed by atoms with E-state index in [1.165, 1.54) is 26.3 Å². The first kappa shape index (κ1) is 19.7. The van der Waals surface area contributed by atoms with Crippen LogP contribution in [0.1, 0.15) is 15.9 Å². The van der Waals surface area contributed by atoms with E-state index in [0.29, 0.717) is 15.1 Å². The number of carbonyl (C=O) groups is 1. The van der Waals surface area contributed by atoms with Crippen molar-refractivity contribution in [2.75, 3.05) is 14.2 Å². The molecule has 2 rings (SSSR count). The molecule has 0 aromatic heterocycles. The smallest absolute Gasteiger partial charge is 0.338 e. The third kappa shape index (κ3) is 4.50. The molecule has 0 aliphatic rings. The van der Waals surface area contributed by atoms with Crippen molar-refractivity contribution >= 4 is 39.2 Å². The fourth-order valence-electron chi connectivity index (χ4n) is 1.91. The number of rotatable bonds is 6. The van der Waals surface area contributed by atoms with Gasteiger partial charge in [-0.2, -0.15) is 0 Å². The van der Waals surface area contributed by atoms with Gasteiger partial charge in [-0.25, -0.2) is 13.2 Å². The number of halogens is 2. The third-order valence-corrected chi connectivity index (χ3v) is 5.89. The van der Waals surface area contributed by atoms with Gasteiger partial charge in [-0.15, -0.1) is 0 Å². The van der Waals surface area contributed by atoms with E-state index >= 15 is 0 Å². The monoisotopic (exact) mass is 403 g/mol. The van der Waals surface area contributed by atoms with Crippen LogP contribution in [0, 0.1) is 0 Å². The molecule has 0 spiro atoms. The van der Waals surface area contributed by atoms with Crippen molar-refractivity contribution in [1.29, 1.82) is 0 Å². The summed E-state index contributed by atoms with van der Waals surface area (Å²) in [5.41, 5.74) is 0.679. The number of hydrogen-bond donors (Lipinski definition) is 0. The maximum absolute atomic E-state index is 12.3. The molecule has 0 saturated carbocycles. The van der Waals surface area contributed by atoms with Gasteiger partial charge in [-0.1, -0.05) is 45.9 Å². The number of ether oxygens (including phenoxy) is 1. The molecule has 0 saturated heterocycles. The molecule has 0 aliphatic heterocycles. The minimum absolute atomic E-state index is 0.0356. The minimum atomic E-state index is -4.00. The highest BCUT2D eigenvalue weighted by molar-refractivity contribution is 7.89. The van der Waals surface area contributed by atoms with E-state index in [0.717, 1.165) is 6.07 Å². The maximum atomic E-state index is 12.3. The second-order valence-electron chi connectivity index (χ2n) is 4.91. The summed E-state index contributed by atoms with van der Waals surface area (Å²) >= 11 is 12.0. The molecule has 0 atom stereocenters. The molecule has 0 aliphatic carbocycles. The Morgan fingerprint density at radius 3 is 2.44 bits per heavy atom. The van der Waals surface area contributed by atoms with Gasteiger partial charge < -0.3 is 4.74 Å². The molecular formula is C16H15Cl2NO5S. The van der Waals surface area contributed by atoms with Crippen LogP contribution in [0.2, 0.25) is 10.0 Å². The fraction of sp³-hybridized carbons (Fsp3) is 0.188. The van der Waals surface area contributed by atoms with Gasteiger partial charge in [0.1, 0.15) is 11.5 Å². The normalized spacial score (nSPS) is 11.6. The van der Waals surface area contributed by atoms with Crippen LogP contribution in [-0.2, 0) is 26.2 Å². The van der Waals surface area contributed by atoms with Gasteiger partial charge in [-0.3, -0.25) is 4.84 Å². The standard InChI is InChI=1S/C16H15Cl2NO5S/c1-19(23-2)25(21,22)15-9-11(7-8-14(15)18)16(20)24-10-12-5-3-4-6-13(12)17/h3-9H,10H2,1-2H3. The van der Waals surface area contributed by atoms with Crippen molar-refractivity contribution in [2.24, 2.45) is 0 Å². The summed E-state index contributed by atoms with van der Waals surface area (Å²) < 4.78 is 30.5. The molecule has 0 amide bonds. The Balaban J connectivity index is 2.24. The highest BCUT2D eigenvalue weighted by Crippen LogP contribution is 2.26. The number of benzene rings is 2. The average molecular weight is 404 g/mol. The molecule has 9 heteroatoms. The van der Waals surface area contributed by atoms with E-state index in [9.17, 15) is 13.2 Å². The first-order valence-electron chi connectivity index (χ1n) is 7.00. The van der Waals surface area contributed by atoms with Gasteiger partial charge in [0, 0.05) is 17.6 Å². The summed E-state index contributed by atoms with van der Waals surface area (Å²) in [5.74, 6) is -0.701. The SMILES string of the molecule is CON(C)S(=O)(=O)c1cc(C(=O)OCc2ccccc2Cl)ccc1Cl. The van der Waals surface area contributed by atoms with Crippen molar-refractivity contribution in [1.82, 2.24) is 4.47 Å². The van der Waals surface area contributed by atoms with E-state index in [1.54, 1.807) is 24.3 Å². The zero-order valence-corrected chi connectivity index (χ0v) is 15.7. The Bertz CT molecular complexity index is 886. The summed E-state index contributed by atoms with van der Waals surface area (Å²) in [4.78, 5) is 16.7. The molecule has 0 heterocycles. The Hall–Kier alpha value is -1.64. The van der Waals surface area contributed by atoms with E-state index in [1.807, 2.05) is 0 Å². The van der Waals surface area contributed by atoms with Gasteiger partial charge in [0.05, 0.1) is 17.7 Å². The third-order valence-electron chi connectivity index (χ3n) is 3.36. The number of carbonyl (C=O) groups excluding carboxylic acids is 1. The van der Waals surface area contributed by atoms with Crippen LogP contribution in [0.3, 0.4) is 0 Å². The number of hydrogen-bond acceptors (Lipinski definition) is 5. The second kappa shape index (κ2) is 8.16. The van der Waals surface area contributed by atoms with Gasteiger partial charge in [0.25, 0.3) is 10.0 Å². The predicted octanol–water partition coefficient (Wildman–Crippen LogP) is 3.53. The van der Waals surface area contributed by atoms with E-state index < -0.39 is 16.0 Å². The van der Waals surface area contributed by atoms with Crippen LogP contribution in [-0.4, -0.2) is 33.0 Å². The number of sulfonamides is 1. The Kier molecular flexibility index (Phi) is 6.42. The van der Waals surface area contributed by atoms with Crippen molar-refractivity contribution in [3.8, 4) is 0 Å². The lowest BCUT2D eigenvalue weighted by molar-refractivity contribution is -0.0258. The Morgan fingerprint density at radius 2 is 1.80 bits per heavy atom. The Labute approximate surface area is 155 Å². The van der Waals surface area contributed by atoms with Crippen LogP contribution in [0.15, 0.2) is 47.4 Å². The Morgan fingerprint density at radius 1 is 1.12 bits per heavy atom. The highest BCUT2D eigenvalue weighted by Gasteiger charge is 2.25. The molecule has 0 unspecified atom stereocenters. The molecular weight excluding hydrogens is 389 g/mol. The predicted molar refractivity (Wildman–Crippen MR) is 94.0 cm³/mol. The van der Waals surface area contributed by atoms with E-state index in [4.69, 9.17) is 32.8 Å². The van der Waals surface area contributed by atoms with Crippen molar-refractivity contribution in [3.05, 3.63) is 63.6 Å². The summed E-state index contributed by atoms with van der Waals surface area (Å²) in [6.45, 7) is -0.0405. The number of hydroxylamine groups is 1. The first-order chi connectivity index (χ1) is 11.8. The molecule has 134 valence electrons.